The molecule has 1 saturated heterocycles. The van der Waals surface area contributed by atoms with Crippen LogP contribution in [0.2, 0.25) is 0 Å². The quantitative estimate of drug-likeness (QED) is 0.566. The van der Waals surface area contributed by atoms with Gasteiger partial charge in [0.25, 0.3) is 0 Å². The zero-order valence-electron chi connectivity index (χ0n) is 7.87. The van der Waals surface area contributed by atoms with Crippen molar-refractivity contribution >= 4 is 0 Å². The van der Waals surface area contributed by atoms with Gasteiger partial charge in [0.1, 0.15) is 0 Å². The maximum Gasteiger partial charge on any atom is 0.174 e. The highest BCUT2D eigenvalue weighted by molar-refractivity contribution is 5.12. The summed E-state index contributed by atoms with van der Waals surface area (Å²) in [4.78, 5) is 0. The molecule has 0 aromatic heterocycles. The average molecular weight is 180 g/mol. The number of hydrogen-bond donors (Lipinski definition) is 0. The molecule has 2 heteroatoms. The predicted octanol–water partition coefficient (Wildman–Crippen LogP) is 1.80. The van der Waals surface area contributed by atoms with Crippen molar-refractivity contribution in [2.75, 3.05) is 13.2 Å². The van der Waals surface area contributed by atoms with Crippen molar-refractivity contribution in [3.05, 3.63) is 0 Å². The van der Waals surface area contributed by atoms with Gasteiger partial charge in [-0.1, -0.05) is 0 Å². The Bertz CT molecular complexity index is 224. The first-order valence-electron chi connectivity index (χ1n) is 5.70. The Morgan fingerprint density at radius 1 is 0.769 bits per heavy atom. The topological polar surface area (TPSA) is 18.5 Å². The fourth-order valence-electron chi connectivity index (χ4n) is 4.48. The molecule has 1 spiro atoms. The molecule has 0 aromatic carbocycles. The molecule has 3 aliphatic carbocycles. The van der Waals surface area contributed by atoms with E-state index in [-0.39, 0.29) is 5.79 Å². The van der Waals surface area contributed by atoms with Crippen molar-refractivity contribution in [1.29, 1.82) is 0 Å². The largest absolute Gasteiger partial charge is 0.347 e. The van der Waals surface area contributed by atoms with Crippen LogP contribution >= 0.6 is 0 Å². The van der Waals surface area contributed by atoms with Crippen molar-refractivity contribution < 1.29 is 9.47 Å². The molecule has 4 aliphatic rings. The third kappa shape index (κ3) is 0.637. The van der Waals surface area contributed by atoms with Gasteiger partial charge in [-0.25, -0.2) is 0 Å². The lowest BCUT2D eigenvalue weighted by Gasteiger charge is -2.38. The Labute approximate surface area is 78.6 Å². The predicted molar refractivity (Wildman–Crippen MR) is 47.1 cm³/mol. The monoisotopic (exact) mass is 180 g/mol. The van der Waals surface area contributed by atoms with E-state index in [1.54, 1.807) is 0 Å². The van der Waals surface area contributed by atoms with Crippen molar-refractivity contribution in [3.63, 3.8) is 0 Å². The Morgan fingerprint density at radius 3 is 1.77 bits per heavy atom. The first kappa shape index (κ1) is 7.24. The van der Waals surface area contributed by atoms with Gasteiger partial charge >= 0.3 is 0 Å². The maximum absolute atomic E-state index is 5.95. The minimum atomic E-state index is -0.0775. The van der Waals surface area contributed by atoms with Gasteiger partial charge in [-0.05, 0) is 37.5 Å². The van der Waals surface area contributed by atoms with E-state index < -0.39 is 0 Å². The molecule has 1 aliphatic heterocycles. The third-order valence-electron chi connectivity index (χ3n) is 4.98. The standard InChI is InChI=1S/C11H16O2/c1-2-8-7(1)9-3-4-10(8)11(9)12-5-6-13-11/h7-10H,1-6H2/t7-,8+,9-,10+. The van der Waals surface area contributed by atoms with Gasteiger partial charge in [0.15, 0.2) is 5.79 Å². The zero-order valence-corrected chi connectivity index (χ0v) is 7.87. The summed E-state index contributed by atoms with van der Waals surface area (Å²) in [5.41, 5.74) is 0. The van der Waals surface area contributed by atoms with Gasteiger partial charge in [0.2, 0.25) is 0 Å². The lowest BCUT2D eigenvalue weighted by molar-refractivity contribution is -0.192. The van der Waals surface area contributed by atoms with E-state index in [2.05, 4.69) is 0 Å². The molecular weight excluding hydrogens is 164 g/mol. The van der Waals surface area contributed by atoms with Crippen LogP contribution in [0.15, 0.2) is 0 Å². The number of fused-ring (bicyclic) bond motifs is 3. The molecule has 3 saturated carbocycles. The zero-order chi connectivity index (χ0) is 8.47. The summed E-state index contributed by atoms with van der Waals surface area (Å²) in [6, 6.07) is 0. The van der Waals surface area contributed by atoms with E-state index >= 15 is 0 Å². The van der Waals surface area contributed by atoms with Crippen LogP contribution in [0.4, 0.5) is 0 Å². The highest BCUT2D eigenvalue weighted by Gasteiger charge is 2.69. The van der Waals surface area contributed by atoms with E-state index in [4.69, 9.17) is 9.47 Å². The van der Waals surface area contributed by atoms with Crippen LogP contribution in [-0.2, 0) is 9.47 Å². The molecule has 1 heterocycles. The van der Waals surface area contributed by atoms with Crippen LogP contribution in [-0.4, -0.2) is 19.0 Å². The van der Waals surface area contributed by atoms with Crippen LogP contribution in [0.1, 0.15) is 25.7 Å². The second kappa shape index (κ2) is 2.12. The molecule has 4 rings (SSSR count). The molecule has 2 bridgehead atoms. The fraction of sp³-hybridized carbons (Fsp3) is 1.00. The van der Waals surface area contributed by atoms with Crippen molar-refractivity contribution in [3.8, 4) is 0 Å². The Kier molecular flexibility index (Phi) is 1.18. The molecular formula is C11H16O2. The van der Waals surface area contributed by atoms with E-state index in [0.717, 1.165) is 36.9 Å². The number of rotatable bonds is 0. The molecule has 0 aromatic rings. The molecule has 0 N–H and O–H groups in total. The fourth-order valence-corrected chi connectivity index (χ4v) is 4.48. The summed E-state index contributed by atoms with van der Waals surface area (Å²) >= 11 is 0. The van der Waals surface area contributed by atoms with Crippen LogP contribution in [0.25, 0.3) is 0 Å². The third-order valence-corrected chi connectivity index (χ3v) is 4.98. The van der Waals surface area contributed by atoms with Gasteiger partial charge in [0, 0.05) is 11.8 Å². The van der Waals surface area contributed by atoms with Gasteiger partial charge in [0.05, 0.1) is 13.2 Å². The van der Waals surface area contributed by atoms with Crippen LogP contribution in [0.3, 0.4) is 0 Å². The minimum Gasteiger partial charge on any atom is -0.347 e. The lowest BCUT2D eigenvalue weighted by Crippen LogP contribution is -2.36. The Hall–Kier alpha value is -0.0800. The highest BCUT2D eigenvalue weighted by atomic mass is 16.7. The van der Waals surface area contributed by atoms with Crippen LogP contribution in [0, 0.1) is 23.7 Å². The van der Waals surface area contributed by atoms with Crippen LogP contribution < -0.4 is 0 Å². The molecule has 0 amide bonds. The first-order chi connectivity index (χ1) is 6.42. The molecule has 2 nitrogen and oxygen atoms in total. The summed E-state index contributed by atoms with van der Waals surface area (Å²) in [6.45, 7) is 1.68. The highest BCUT2D eigenvalue weighted by Crippen LogP contribution is 2.67. The summed E-state index contributed by atoms with van der Waals surface area (Å²) in [7, 11) is 0. The second-order valence-electron chi connectivity index (χ2n) is 5.11. The summed E-state index contributed by atoms with van der Waals surface area (Å²) in [5, 5.41) is 0. The van der Waals surface area contributed by atoms with Crippen molar-refractivity contribution in [1.82, 2.24) is 0 Å². The van der Waals surface area contributed by atoms with E-state index in [1.165, 1.54) is 25.7 Å². The smallest absolute Gasteiger partial charge is 0.174 e. The van der Waals surface area contributed by atoms with Crippen LogP contribution in [0.5, 0.6) is 0 Å². The summed E-state index contributed by atoms with van der Waals surface area (Å²) in [6.07, 6.45) is 5.62. The molecule has 0 unspecified atom stereocenters. The summed E-state index contributed by atoms with van der Waals surface area (Å²) < 4.78 is 11.9. The minimum absolute atomic E-state index is 0.0775. The van der Waals surface area contributed by atoms with Gasteiger partial charge < -0.3 is 9.47 Å². The summed E-state index contributed by atoms with van der Waals surface area (Å²) in [5.74, 6) is 3.39. The molecule has 4 atom stereocenters. The Morgan fingerprint density at radius 2 is 1.31 bits per heavy atom. The van der Waals surface area contributed by atoms with E-state index in [1.807, 2.05) is 0 Å². The van der Waals surface area contributed by atoms with Gasteiger partial charge in [-0.3, -0.25) is 0 Å². The molecule has 0 radical (unpaired) electrons. The number of ether oxygens (including phenoxy) is 2. The maximum atomic E-state index is 5.95. The van der Waals surface area contributed by atoms with Gasteiger partial charge in [-0.15, -0.1) is 0 Å². The van der Waals surface area contributed by atoms with E-state index in [0.29, 0.717) is 0 Å². The van der Waals surface area contributed by atoms with Gasteiger partial charge in [-0.2, -0.15) is 0 Å². The first-order valence-corrected chi connectivity index (χ1v) is 5.70. The van der Waals surface area contributed by atoms with E-state index in [9.17, 15) is 0 Å². The lowest BCUT2D eigenvalue weighted by atomic mass is 9.66. The SMILES string of the molecule is C1COC2(O1)[C@@H]1CC[C@H]2[C@H]2CC[C@H]21. The normalized spacial score (nSPS) is 55.4. The molecule has 13 heavy (non-hydrogen) atoms. The van der Waals surface area contributed by atoms with Crippen molar-refractivity contribution in [2.24, 2.45) is 23.7 Å². The second-order valence-corrected chi connectivity index (χ2v) is 5.11. The molecule has 4 fully saturated rings. The average Bonchev–Trinajstić information content (AvgIpc) is 2.69. The number of hydrogen-bond acceptors (Lipinski definition) is 2. The Balaban J connectivity index is 1.78. The van der Waals surface area contributed by atoms with Crippen molar-refractivity contribution in [2.45, 2.75) is 31.5 Å². The molecule has 72 valence electrons.